The molecule has 0 spiro atoms. The Balaban J connectivity index is 2.16. The number of hydrogen-bond donors (Lipinski definition) is 0. The van der Waals surface area contributed by atoms with Crippen LogP contribution in [0.25, 0.3) is 0 Å². The molecule has 0 radical (unpaired) electrons. The minimum absolute atomic E-state index is 0.156. The summed E-state index contributed by atoms with van der Waals surface area (Å²) in [6.07, 6.45) is 0.842. The van der Waals surface area contributed by atoms with Crippen LogP contribution in [0, 0.1) is 0 Å². The molecule has 0 aliphatic heterocycles. The van der Waals surface area contributed by atoms with Crippen LogP contribution in [-0.2, 0) is 17.8 Å². The molecule has 112 valence electrons. The number of hydrogen-bond acceptors (Lipinski definition) is 3. The number of methoxy groups -OCH3 is 1. The molecule has 0 atom stereocenters. The monoisotopic (exact) mass is 306 g/mol. The fourth-order valence-electron chi connectivity index (χ4n) is 1.95. The van der Waals surface area contributed by atoms with Crippen molar-refractivity contribution in [3.8, 4) is 11.5 Å². The molecule has 3 nitrogen and oxygen atoms in total. The lowest BCUT2D eigenvalue weighted by atomic mass is 10.1. The lowest BCUT2D eigenvalue weighted by Crippen LogP contribution is -2.02. The first kappa shape index (κ1) is 15.7. The standard InChI is InChI=1S/C17H19ClO3/c1-3-14-9-15(18)17(21-12-19-2)10-16(14)20-11-13-7-5-4-6-8-13/h4-10H,3,11-12H2,1-2H3. The van der Waals surface area contributed by atoms with Gasteiger partial charge in [-0.15, -0.1) is 0 Å². The second-order valence-corrected chi connectivity index (χ2v) is 4.98. The van der Waals surface area contributed by atoms with Crippen LogP contribution in [0.5, 0.6) is 11.5 Å². The smallest absolute Gasteiger partial charge is 0.188 e. The Labute approximate surface area is 130 Å². The maximum Gasteiger partial charge on any atom is 0.188 e. The zero-order chi connectivity index (χ0) is 15.1. The van der Waals surface area contributed by atoms with Gasteiger partial charge in [-0.3, -0.25) is 0 Å². The van der Waals surface area contributed by atoms with Gasteiger partial charge in [0.25, 0.3) is 0 Å². The average molecular weight is 307 g/mol. The number of rotatable bonds is 7. The molecule has 0 aliphatic rings. The number of aryl methyl sites for hydroxylation is 1. The van der Waals surface area contributed by atoms with Crippen LogP contribution >= 0.6 is 11.6 Å². The second-order valence-electron chi connectivity index (χ2n) is 4.57. The van der Waals surface area contributed by atoms with Gasteiger partial charge in [0, 0.05) is 13.2 Å². The molecule has 0 heterocycles. The van der Waals surface area contributed by atoms with Gasteiger partial charge in [0.15, 0.2) is 6.79 Å². The van der Waals surface area contributed by atoms with E-state index in [9.17, 15) is 0 Å². The summed E-state index contributed by atoms with van der Waals surface area (Å²) in [4.78, 5) is 0. The van der Waals surface area contributed by atoms with E-state index in [1.807, 2.05) is 42.5 Å². The number of halogens is 1. The van der Waals surface area contributed by atoms with E-state index in [4.69, 9.17) is 25.8 Å². The predicted molar refractivity (Wildman–Crippen MR) is 84.1 cm³/mol. The molecule has 4 heteroatoms. The molecule has 0 aliphatic carbocycles. The Morgan fingerprint density at radius 3 is 2.43 bits per heavy atom. The maximum atomic E-state index is 6.20. The number of benzene rings is 2. The van der Waals surface area contributed by atoms with Crippen molar-refractivity contribution in [3.05, 3.63) is 58.6 Å². The van der Waals surface area contributed by atoms with E-state index in [-0.39, 0.29) is 6.79 Å². The number of ether oxygens (including phenoxy) is 3. The fourth-order valence-corrected chi connectivity index (χ4v) is 2.20. The van der Waals surface area contributed by atoms with E-state index in [2.05, 4.69) is 6.92 Å². The average Bonchev–Trinajstić information content (AvgIpc) is 2.53. The highest BCUT2D eigenvalue weighted by Gasteiger charge is 2.10. The second kappa shape index (κ2) is 7.91. The summed E-state index contributed by atoms with van der Waals surface area (Å²) >= 11 is 6.20. The van der Waals surface area contributed by atoms with Crippen LogP contribution in [0.2, 0.25) is 5.02 Å². The van der Waals surface area contributed by atoms with Crippen molar-refractivity contribution in [1.29, 1.82) is 0 Å². The van der Waals surface area contributed by atoms with Crippen LogP contribution in [0.1, 0.15) is 18.1 Å². The van der Waals surface area contributed by atoms with E-state index in [0.717, 1.165) is 23.3 Å². The first-order valence-electron chi connectivity index (χ1n) is 6.85. The summed E-state index contributed by atoms with van der Waals surface area (Å²) < 4.78 is 16.3. The molecule has 2 aromatic carbocycles. The van der Waals surface area contributed by atoms with Crippen LogP contribution < -0.4 is 9.47 Å². The molecule has 0 saturated carbocycles. The van der Waals surface area contributed by atoms with E-state index in [1.54, 1.807) is 7.11 Å². The van der Waals surface area contributed by atoms with Gasteiger partial charge in [0.1, 0.15) is 18.1 Å². The van der Waals surface area contributed by atoms with Crippen molar-refractivity contribution >= 4 is 11.6 Å². The highest BCUT2D eigenvalue weighted by Crippen LogP contribution is 2.33. The lowest BCUT2D eigenvalue weighted by Gasteiger charge is -2.14. The summed E-state index contributed by atoms with van der Waals surface area (Å²) in [5.74, 6) is 1.36. The lowest BCUT2D eigenvalue weighted by molar-refractivity contribution is 0.0510. The molecule has 21 heavy (non-hydrogen) atoms. The van der Waals surface area contributed by atoms with Gasteiger partial charge in [-0.1, -0.05) is 48.9 Å². The minimum atomic E-state index is 0.156. The Kier molecular flexibility index (Phi) is 5.90. The molecule has 0 saturated heterocycles. The quantitative estimate of drug-likeness (QED) is 0.707. The van der Waals surface area contributed by atoms with Gasteiger partial charge in [0.05, 0.1) is 5.02 Å². The SMILES string of the molecule is CCc1cc(Cl)c(OCOC)cc1OCc1ccccc1. The molecule has 2 aromatic rings. The van der Waals surface area contributed by atoms with E-state index < -0.39 is 0 Å². The Hall–Kier alpha value is -1.71. The first-order valence-corrected chi connectivity index (χ1v) is 7.23. The van der Waals surface area contributed by atoms with Crippen molar-refractivity contribution in [1.82, 2.24) is 0 Å². The van der Waals surface area contributed by atoms with E-state index >= 15 is 0 Å². The first-order chi connectivity index (χ1) is 10.2. The predicted octanol–water partition coefficient (Wildman–Crippen LogP) is 4.46. The summed E-state index contributed by atoms with van der Waals surface area (Å²) in [5.41, 5.74) is 2.18. The molecular formula is C17H19ClO3. The molecular weight excluding hydrogens is 288 g/mol. The summed E-state index contributed by atoms with van der Waals surface area (Å²) in [6, 6.07) is 13.7. The van der Waals surface area contributed by atoms with Gasteiger partial charge in [-0.2, -0.15) is 0 Å². The van der Waals surface area contributed by atoms with Crippen LogP contribution in [0.3, 0.4) is 0 Å². The summed E-state index contributed by atoms with van der Waals surface area (Å²) in [5, 5.41) is 0.566. The molecule has 0 bridgehead atoms. The minimum Gasteiger partial charge on any atom is -0.488 e. The van der Waals surface area contributed by atoms with Crippen molar-refractivity contribution in [3.63, 3.8) is 0 Å². The molecule has 2 rings (SSSR count). The molecule has 0 unspecified atom stereocenters. The third-order valence-electron chi connectivity index (χ3n) is 3.07. The molecule has 0 amide bonds. The zero-order valence-corrected chi connectivity index (χ0v) is 13.0. The van der Waals surface area contributed by atoms with Gasteiger partial charge in [0.2, 0.25) is 0 Å². The summed E-state index contributed by atoms with van der Waals surface area (Å²) in [7, 11) is 1.57. The van der Waals surface area contributed by atoms with Gasteiger partial charge in [-0.25, -0.2) is 0 Å². The Bertz CT molecular complexity index is 570. The summed E-state index contributed by atoms with van der Waals surface area (Å²) in [6.45, 7) is 2.74. The van der Waals surface area contributed by atoms with Crippen LogP contribution in [0.4, 0.5) is 0 Å². The van der Waals surface area contributed by atoms with Gasteiger partial charge in [-0.05, 0) is 23.6 Å². The third-order valence-corrected chi connectivity index (χ3v) is 3.36. The topological polar surface area (TPSA) is 27.7 Å². The normalized spacial score (nSPS) is 10.4. The van der Waals surface area contributed by atoms with E-state index in [0.29, 0.717) is 17.4 Å². The highest BCUT2D eigenvalue weighted by molar-refractivity contribution is 6.32. The Morgan fingerprint density at radius 1 is 1.00 bits per heavy atom. The van der Waals surface area contributed by atoms with Crippen molar-refractivity contribution in [2.45, 2.75) is 20.0 Å². The van der Waals surface area contributed by atoms with Gasteiger partial charge >= 0.3 is 0 Å². The van der Waals surface area contributed by atoms with E-state index in [1.165, 1.54) is 0 Å². The zero-order valence-electron chi connectivity index (χ0n) is 12.3. The highest BCUT2D eigenvalue weighted by atomic mass is 35.5. The van der Waals surface area contributed by atoms with Crippen molar-refractivity contribution < 1.29 is 14.2 Å². The maximum absolute atomic E-state index is 6.20. The largest absolute Gasteiger partial charge is 0.488 e. The van der Waals surface area contributed by atoms with Crippen molar-refractivity contribution in [2.75, 3.05) is 13.9 Å². The van der Waals surface area contributed by atoms with Crippen LogP contribution in [0.15, 0.2) is 42.5 Å². The molecule has 0 aromatic heterocycles. The Morgan fingerprint density at radius 2 is 1.76 bits per heavy atom. The third kappa shape index (κ3) is 4.38. The molecule has 0 N–H and O–H groups in total. The molecule has 0 fully saturated rings. The van der Waals surface area contributed by atoms with Crippen molar-refractivity contribution in [2.24, 2.45) is 0 Å². The van der Waals surface area contributed by atoms with Crippen LogP contribution in [-0.4, -0.2) is 13.9 Å². The fraction of sp³-hybridized carbons (Fsp3) is 0.294. The van der Waals surface area contributed by atoms with Gasteiger partial charge < -0.3 is 14.2 Å².